The molecule has 0 bridgehead atoms. The number of carboxylic acid groups (broad SMARTS) is 1. The Hall–Kier alpha value is -0.940. The van der Waals surface area contributed by atoms with Gasteiger partial charge in [0, 0.05) is 23.9 Å². The molecule has 0 spiro atoms. The first-order chi connectivity index (χ1) is 8.16. The topological polar surface area (TPSA) is 62.5 Å². The molecule has 0 aromatic carbocycles. The Morgan fingerprint density at radius 1 is 1.71 bits per heavy atom. The largest absolute Gasteiger partial charge is 0.475 e. The molecule has 17 heavy (non-hydrogen) atoms. The summed E-state index contributed by atoms with van der Waals surface area (Å²) < 4.78 is 5.17. The van der Waals surface area contributed by atoms with Gasteiger partial charge in [0.05, 0.1) is 0 Å². The van der Waals surface area contributed by atoms with Crippen LogP contribution in [-0.4, -0.2) is 28.6 Å². The first-order valence-corrected chi connectivity index (χ1v) is 6.96. The van der Waals surface area contributed by atoms with Crippen molar-refractivity contribution in [2.24, 2.45) is 0 Å². The molecule has 0 radical (unpaired) electrons. The summed E-state index contributed by atoms with van der Waals surface area (Å²) in [7, 11) is 0. The van der Waals surface area contributed by atoms with Gasteiger partial charge in [0.2, 0.25) is 5.76 Å². The fraction of sp³-hybridized carbons (Fsp3) is 0.583. The molecule has 0 saturated carbocycles. The standard InChI is InChI=1S/C12H17NO3S/c1-8-9(5-11(16-8)12(14)15)6-13-10-3-2-4-17-7-10/h5,10,13H,2-4,6-7H2,1H3,(H,14,15). The van der Waals surface area contributed by atoms with E-state index in [1.165, 1.54) is 18.6 Å². The number of thioether (sulfide) groups is 1. The van der Waals surface area contributed by atoms with Crippen molar-refractivity contribution in [3.63, 3.8) is 0 Å². The Balaban J connectivity index is 1.91. The number of carboxylic acids is 1. The highest BCUT2D eigenvalue weighted by atomic mass is 32.2. The molecule has 0 aliphatic carbocycles. The van der Waals surface area contributed by atoms with Crippen molar-refractivity contribution >= 4 is 17.7 Å². The minimum atomic E-state index is -1.01. The third-order valence-corrected chi connectivity index (χ3v) is 4.19. The molecule has 1 aromatic heterocycles. The Bertz CT molecular complexity index is 396. The lowest BCUT2D eigenvalue weighted by atomic mass is 10.1. The predicted molar refractivity (Wildman–Crippen MR) is 67.6 cm³/mol. The van der Waals surface area contributed by atoms with Crippen LogP contribution in [0.1, 0.15) is 34.7 Å². The maximum Gasteiger partial charge on any atom is 0.371 e. The third-order valence-electron chi connectivity index (χ3n) is 2.97. The van der Waals surface area contributed by atoms with Gasteiger partial charge in [-0.3, -0.25) is 0 Å². The van der Waals surface area contributed by atoms with Crippen molar-refractivity contribution < 1.29 is 14.3 Å². The third kappa shape index (κ3) is 3.26. The second-order valence-electron chi connectivity index (χ2n) is 4.29. The van der Waals surface area contributed by atoms with Gasteiger partial charge in [-0.25, -0.2) is 4.79 Å². The molecular weight excluding hydrogens is 238 g/mol. The average molecular weight is 255 g/mol. The van der Waals surface area contributed by atoms with E-state index >= 15 is 0 Å². The second kappa shape index (κ2) is 5.60. The highest BCUT2D eigenvalue weighted by molar-refractivity contribution is 7.99. The number of aryl methyl sites for hydroxylation is 1. The molecule has 1 aliphatic heterocycles. The SMILES string of the molecule is Cc1oc(C(=O)O)cc1CNC1CCCSC1. The Kier molecular flexibility index (Phi) is 4.12. The Morgan fingerprint density at radius 3 is 3.12 bits per heavy atom. The summed E-state index contributed by atoms with van der Waals surface area (Å²) in [6.45, 7) is 2.49. The van der Waals surface area contributed by atoms with Crippen molar-refractivity contribution in [3.05, 3.63) is 23.2 Å². The zero-order valence-electron chi connectivity index (χ0n) is 9.86. The summed E-state index contributed by atoms with van der Waals surface area (Å²) in [5.41, 5.74) is 0.943. The molecule has 1 fully saturated rings. The van der Waals surface area contributed by atoms with Crippen LogP contribution in [0.5, 0.6) is 0 Å². The van der Waals surface area contributed by atoms with Crippen LogP contribution >= 0.6 is 11.8 Å². The summed E-state index contributed by atoms with van der Waals surface area (Å²) in [5, 5.41) is 12.3. The smallest absolute Gasteiger partial charge is 0.371 e. The van der Waals surface area contributed by atoms with E-state index in [0.717, 1.165) is 11.3 Å². The van der Waals surface area contributed by atoms with Gasteiger partial charge in [-0.1, -0.05) is 0 Å². The maximum absolute atomic E-state index is 10.8. The fourth-order valence-corrected chi connectivity index (χ4v) is 3.06. The van der Waals surface area contributed by atoms with E-state index in [1.807, 2.05) is 11.8 Å². The Morgan fingerprint density at radius 2 is 2.53 bits per heavy atom. The van der Waals surface area contributed by atoms with Gasteiger partial charge in [-0.05, 0) is 31.6 Å². The summed E-state index contributed by atoms with van der Waals surface area (Å²) in [6.07, 6.45) is 2.46. The summed E-state index contributed by atoms with van der Waals surface area (Å²) >= 11 is 1.97. The molecule has 2 rings (SSSR count). The van der Waals surface area contributed by atoms with Gasteiger partial charge in [0.25, 0.3) is 0 Å². The molecule has 2 N–H and O–H groups in total. The van der Waals surface area contributed by atoms with E-state index in [9.17, 15) is 4.79 Å². The number of carbonyl (C=O) groups is 1. The van der Waals surface area contributed by atoms with Crippen molar-refractivity contribution in [1.29, 1.82) is 0 Å². The van der Waals surface area contributed by atoms with E-state index < -0.39 is 5.97 Å². The van der Waals surface area contributed by atoms with Crippen LogP contribution in [-0.2, 0) is 6.54 Å². The minimum Gasteiger partial charge on any atom is -0.475 e. The number of furan rings is 1. The number of rotatable bonds is 4. The van der Waals surface area contributed by atoms with Gasteiger partial charge in [-0.15, -0.1) is 0 Å². The van der Waals surface area contributed by atoms with E-state index in [0.29, 0.717) is 18.3 Å². The normalized spacial score (nSPS) is 20.4. The van der Waals surface area contributed by atoms with Crippen LogP contribution in [0.3, 0.4) is 0 Å². The van der Waals surface area contributed by atoms with Crippen molar-refractivity contribution in [3.8, 4) is 0 Å². The highest BCUT2D eigenvalue weighted by Gasteiger charge is 2.16. The zero-order valence-corrected chi connectivity index (χ0v) is 10.7. The predicted octanol–water partition coefficient (Wildman–Crippen LogP) is 2.27. The van der Waals surface area contributed by atoms with Crippen LogP contribution in [0.25, 0.3) is 0 Å². The molecule has 4 nitrogen and oxygen atoms in total. The Labute approximate surface area is 105 Å². The van der Waals surface area contributed by atoms with Crippen molar-refractivity contribution in [2.75, 3.05) is 11.5 Å². The highest BCUT2D eigenvalue weighted by Crippen LogP contribution is 2.19. The van der Waals surface area contributed by atoms with Crippen LogP contribution in [0.15, 0.2) is 10.5 Å². The lowest BCUT2D eigenvalue weighted by Gasteiger charge is -2.22. The molecule has 2 heterocycles. The molecule has 0 amide bonds. The van der Waals surface area contributed by atoms with Gasteiger partial charge in [0.1, 0.15) is 5.76 Å². The maximum atomic E-state index is 10.8. The molecule has 1 atom stereocenters. The van der Waals surface area contributed by atoms with Crippen LogP contribution in [0.2, 0.25) is 0 Å². The van der Waals surface area contributed by atoms with Crippen LogP contribution < -0.4 is 5.32 Å². The van der Waals surface area contributed by atoms with Crippen molar-refractivity contribution in [2.45, 2.75) is 32.4 Å². The molecule has 1 saturated heterocycles. The number of nitrogens with one attached hydrogen (secondary N) is 1. The van der Waals surface area contributed by atoms with Gasteiger partial charge < -0.3 is 14.8 Å². The fourth-order valence-electron chi connectivity index (χ4n) is 1.96. The molecular formula is C12H17NO3S. The first-order valence-electron chi connectivity index (χ1n) is 5.80. The summed E-state index contributed by atoms with van der Waals surface area (Å²) in [4.78, 5) is 10.8. The molecule has 1 aromatic rings. The molecule has 1 aliphatic rings. The average Bonchev–Trinajstić information content (AvgIpc) is 2.70. The number of aromatic carboxylic acids is 1. The first kappa shape index (κ1) is 12.5. The van der Waals surface area contributed by atoms with Gasteiger partial charge >= 0.3 is 5.97 Å². The summed E-state index contributed by atoms with van der Waals surface area (Å²) in [5.74, 6) is 2.11. The van der Waals surface area contributed by atoms with Gasteiger partial charge in [0.15, 0.2) is 0 Å². The second-order valence-corrected chi connectivity index (χ2v) is 5.44. The number of hydrogen-bond acceptors (Lipinski definition) is 4. The molecule has 94 valence electrons. The zero-order chi connectivity index (χ0) is 12.3. The molecule has 5 heteroatoms. The number of hydrogen-bond donors (Lipinski definition) is 2. The van der Waals surface area contributed by atoms with E-state index in [4.69, 9.17) is 9.52 Å². The lowest BCUT2D eigenvalue weighted by Crippen LogP contribution is -2.33. The minimum absolute atomic E-state index is 0.0253. The molecule has 1 unspecified atom stereocenters. The van der Waals surface area contributed by atoms with E-state index in [-0.39, 0.29) is 5.76 Å². The van der Waals surface area contributed by atoms with Crippen LogP contribution in [0.4, 0.5) is 0 Å². The van der Waals surface area contributed by atoms with Gasteiger partial charge in [-0.2, -0.15) is 11.8 Å². The summed E-state index contributed by atoms with van der Waals surface area (Å²) in [6, 6.07) is 2.15. The van der Waals surface area contributed by atoms with Crippen molar-refractivity contribution in [1.82, 2.24) is 5.32 Å². The lowest BCUT2D eigenvalue weighted by molar-refractivity contribution is 0.0661. The monoisotopic (exact) mass is 255 g/mol. The van der Waals surface area contributed by atoms with Crippen LogP contribution in [0, 0.1) is 6.92 Å². The van der Waals surface area contributed by atoms with E-state index in [1.54, 1.807) is 13.0 Å². The quantitative estimate of drug-likeness (QED) is 0.864. The van der Waals surface area contributed by atoms with E-state index in [2.05, 4.69) is 5.32 Å².